The van der Waals surface area contributed by atoms with Crippen molar-refractivity contribution in [1.29, 1.82) is 0 Å². The van der Waals surface area contributed by atoms with Crippen LogP contribution in [0.4, 0.5) is 0 Å². The Morgan fingerprint density at radius 2 is 1.00 bits per heavy atom. The molecule has 4 atom stereocenters. The largest absolute Gasteiger partial charge is 0.463 e. The number of aliphatic hydroxyl groups excluding tert-OH is 4. The van der Waals surface area contributed by atoms with Gasteiger partial charge in [0.05, 0.1) is 25.2 Å². The van der Waals surface area contributed by atoms with E-state index in [9.17, 15) is 20.1 Å². The normalized spacial score (nSPS) is 14.9. The number of esters is 1. The van der Waals surface area contributed by atoms with Crippen LogP contribution < -0.4 is 0 Å². The van der Waals surface area contributed by atoms with Crippen LogP contribution in [0.15, 0.2) is 0 Å². The maximum Gasteiger partial charge on any atom is 0.309 e. The molecule has 4 N–H and O–H groups in total. The molecule has 0 aromatic heterocycles. The second-order valence-electron chi connectivity index (χ2n) is 11.1. The molecule has 0 rings (SSSR count). The smallest absolute Gasteiger partial charge is 0.309 e. The molecule has 0 heterocycles. The Bertz CT molecular complexity index is 486. The molecule has 0 aromatic rings. The monoisotopic (exact) mass is 530 g/mol. The maximum absolute atomic E-state index is 13.0. The minimum absolute atomic E-state index is 0.0559. The van der Waals surface area contributed by atoms with Gasteiger partial charge in [-0.1, -0.05) is 129 Å². The maximum atomic E-state index is 13.0. The fourth-order valence-corrected chi connectivity index (χ4v) is 5.18. The van der Waals surface area contributed by atoms with Crippen molar-refractivity contribution in [1.82, 2.24) is 0 Å². The molecule has 0 saturated carbocycles. The molecular weight excluding hydrogens is 468 g/mol. The first-order valence-electron chi connectivity index (χ1n) is 15.7. The van der Waals surface area contributed by atoms with Crippen LogP contribution in [0.2, 0.25) is 0 Å². The molecule has 0 aliphatic carbocycles. The van der Waals surface area contributed by atoms with Gasteiger partial charge >= 0.3 is 5.97 Å². The van der Waals surface area contributed by atoms with Crippen molar-refractivity contribution in [2.24, 2.45) is 11.8 Å². The molecule has 0 aliphatic heterocycles. The molecule has 6 heteroatoms. The minimum atomic E-state index is -1.07. The summed E-state index contributed by atoms with van der Waals surface area (Å²) in [5.41, 5.74) is 0. The van der Waals surface area contributed by atoms with Crippen LogP contribution in [0.1, 0.15) is 149 Å². The number of carbonyl (C=O) groups excluding carboxylic acids is 1. The van der Waals surface area contributed by atoms with E-state index < -0.39 is 18.8 Å². The molecule has 0 aromatic carbocycles. The van der Waals surface area contributed by atoms with Gasteiger partial charge in [-0.2, -0.15) is 0 Å². The number of unbranched alkanes of at least 4 members (excludes halogenated alkanes) is 16. The zero-order chi connectivity index (χ0) is 27.6. The number of hydrogen-bond donors (Lipinski definition) is 4. The van der Waals surface area contributed by atoms with Crippen LogP contribution >= 0.6 is 0 Å². The van der Waals surface area contributed by atoms with Gasteiger partial charge in [-0.25, -0.2) is 0 Å². The Labute approximate surface area is 228 Å². The summed E-state index contributed by atoms with van der Waals surface area (Å²) in [5.74, 6) is -0.761. The molecule has 0 amide bonds. The second-order valence-corrected chi connectivity index (χ2v) is 11.1. The number of ether oxygens (including phenoxy) is 1. The van der Waals surface area contributed by atoms with Gasteiger partial charge < -0.3 is 25.2 Å². The van der Waals surface area contributed by atoms with Crippen LogP contribution in [-0.4, -0.2) is 58.4 Å². The molecule has 0 saturated heterocycles. The van der Waals surface area contributed by atoms with Gasteiger partial charge in [-0.15, -0.1) is 0 Å². The van der Waals surface area contributed by atoms with Crippen molar-refractivity contribution in [3.63, 3.8) is 0 Å². The number of hydrogen-bond acceptors (Lipinski definition) is 6. The summed E-state index contributed by atoms with van der Waals surface area (Å²) < 4.78 is 5.38. The highest BCUT2D eigenvalue weighted by Gasteiger charge is 2.31. The van der Waals surface area contributed by atoms with Crippen molar-refractivity contribution in [2.75, 3.05) is 19.8 Å². The van der Waals surface area contributed by atoms with Gasteiger partial charge in [0.15, 0.2) is 0 Å². The average molecular weight is 531 g/mol. The first-order chi connectivity index (χ1) is 18.0. The van der Waals surface area contributed by atoms with Crippen molar-refractivity contribution >= 4 is 5.97 Å². The van der Waals surface area contributed by atoms with Crippen LogP contribution in [0, 0.1) is 11.8 Å². The lowest BCUT2D eigenvalue weighted by Gasteiger charge is -2.28. The predicted octanol–water partition coefficient (Wildman–Crippen LogP) is 6.70. The highest BCUT2D eigenvalue weighted by Crippen LogP contribution is 2.30. The van der Waals surface area contributed by atoms with Crippen molar-refractivity contribution in [3.05, 3.63) is 0 Å². The Morgan fingerprint density at radius 3 is 1.43 bits per heavy atom. The standard InChI is InChI=1S/C31H62O6/c1-3-5-7-9-11-13-14-16-18-20-22-30(31(36)37-26-29(35)25-33)27(23-28(34)24-32)21-19-17-15-12-10-8-6-4-2/h27-30,32-35H,3-26H2,1-2H3. The SMILES string of the molecule is CCCCCCCCCCCCC(C(=O)OCC(O)CO)C(CCCCCCCCCC)CC(O)CO. The van der Waals surface area contributed by atoms with E-state index in [2.05, 4.69) is 13.8 Å². The Kier molecular flexibility index (Phi) is 26.4. The van der Waals surface area contributed by atoms with E-state index in [1.54, 1.807) is 0 Å². The van der Waals surface area contributed by atoms with Gasteiger partial charge in [-0.3, -0.25) is 4.79 Å². The summed E-state index contributed by atoms with van der Waals surface area (Å²) in [7, 11) is 0. The van der Waals surface area contributed by atoms with Crippen LogP contribution in [0.25, 0.3) is 0 Å². The van der Waals surface area contributed by atoms with Crippen molar-refractivity contribution < 1.29 is 30.0 Å². The zero-order valence-corrected chi connectivity index (χ0v) is 24.4. The zero-order valence-electron chi connectivity index (χ0n) is 24.4. The van der Waals surface area contributed by atoms with E-state index in [0.29, 0.717) is 12.8 Å². The van der Waals surface area contributed by atoms with Gasteiger partial charge in [0, 0.05) is 0 Å². The number of rotatable bonds is 28. The van der Waals surface area contributed by atoms with Gasteiger partial charge in [-0.05, 0) is 25.2 Å². The predicted molar refractivity (Wildman–Crippen MR) is 152 cm³/mol. The van der Waals surface area contributed by atoms with Gasteiger partial charge in [0.1, 0.15) is 12.7 Å². The molecular formula is C31H62O6. The number of aliphatic hydroxyl groups is 4. The van der Waals surface area contributed by atoms with Crippen LogP contribution in [0.5, 0.6) is 0 Å². The lowest BCUT2D eigenvalue weighted by molar-refractivity contribution is -0.155. The van der Waals surface area contributed by atoms with Gasteiger partial charge in [0.2, 0.25) is 0 Å². The summed E-state index contributed by atoms with van der Waals surface area (Å²) >= 11 is 0. The third-order valence-electron chi connectivity index (χ3n) is 7.58. The average Bonchev–Trinajstić information content (AvgIpc) is 2.91. The molecule has 0 bridgehead atoms. The Balaban J connectivity index is 4.77. The molecule has 6 nitrogen and oxygen atoms in total. The third kappa shape index (κ3) is 21.9. The van der Waals surface area contributed by atoms with E-state index in [0.717, 1.165) is 32.1 Å². The van der Waals surface area contributed by atoms with Crippen LogP contribution in [-0.2, 0) is 9.53 Å². The first kappa shape index (κ1) is 36.3. The summed E-state index contributed by atoms with van der Waals surface area (Å²) in [6.45, 7) is 3.50. The summed E-state index contributed by atoms with van der Waals surface area (Å²) in [6, 6.07) is 0. The van der Waals surface area contributed by atoms with Crippen LogP contribution in [0.3, 0.4) is 0 Å². The first-order valence-corrected chi connectivity index (χ1v) is 15.7. The highest BCUT2D eigenvalue weighted by molar-refractivity contribution is 5.72. The molecule has 37 heavy (non-hydrogen) atoms. The minimum Gasteiger partial charge on any atom is -0.463 e. The van der Waals surface area contributed by atoms with Gasteiger partial charge in [0.25, 0.3) is 0 Å². The summed E-state index contributed by atoms with van der Waals surface area (Å²) in [6.07, 6.45) is 21.9. The van der Waals surface area contributed by atoms with E-state index in [4.69, 9.17) is 9.84 Å². The Hall–Kier alpha value is -0.690. The fraction of sp³-hybridized carbons (Fsp3) is 0.968. The van der Waals surface area contributed by atoms with E-state index >= 15 is 0 Å². The third-order valence-corrected chi connectivity index (χ3v) is 7.58. The number of carbonyl (C=O) groups is 1. The molecule has 0 radical (unpaired) electrons. The summed E-state index contributed by atoms with van der Waals surface area (Å²) in [4.78, 5) is 13.0. The molecule has 4 unspecified atom stereocenters. The fourth-order valence-electron chi connectivity index (χ4n) is 5.18. The van der Waals surface area contributed by atoms with E-state index in [1.165, 1.54) is 89.9 Å². The lowest BCUT2D eigenvalue weighted by Crippen LogP contribution is -2.32. The topological polar surface area (TPSA) is 107 Å². The molecule has 0 spiro atoms. The van der Waals surface area contributed by atoms with E-state index in [-0.39, 0.29) is 31.0 Å². The van der Waals surface area contributed by atoms with Crippen molar-refractivity contribution in [3.8, 4) is 0 Å². The molecule has 222 valence electrons. The second kappa shape index (κ2) is 26.9. The highest BCUT2D eigenvalue weighted by atomic mass is 16.5. The lowest BCUT2D eigenvalue weighted by atomic mass is 9.80. The summed E-state index contributed by atoms with van der Waals surface area (Å²) in [5, 5.41) is 38.4. The van der Waals surface area contributed by atoms with E-state index in [1.807, 2.05) is 0 Å². The quantitative estimate of drug-likeness (QED) is 0.0662. The van der Waals surface area contributed by atoms with Crippen molar-refractivity contribution in [2.45, 2.75) is 161 Å². The molecule has 0 aliphatic rings. The molecule has 0 fully saturated rings. The Morgan fingerprint density at radius 1 is 0.595 bits per heavy atom.